The van der Waals surface area contributed by atoms with E-state index in [9.17, 15) is 4.79 Å². The van der Waals surface area contributed by atoms with E-state index in [1.165, 1.54) is 32.1 Å². The van der Waals surface area contributed by atoms with Crippen molar-refractivity contribution in [2.75, 3.05) is 0 Å². The Morgan fingerprint density at radius 1 is 1.00 bits per heavy atom. The Kier molecular flexibility index (Phi) is 10.2. The molecule has 0 rings (SSSR count). The average molecular weight is 266 g/mol. The van der Waals surface area contributed by atoms with Gasteiger partial charge in [-0.3, -0.25) is 4.79 Å². The van der Waals surface area contributed by atoms with Crippen molar-refractivity contribution in [3.8, 4) is 6.07 Å². The molecule has 0 aromatic rings. The van der Waals surface area contributed by atoms with Gasteiger partial charge in [0.25, 0.3) is 0 Å². The van der Waals surface area contributed by atoms with Crippen LogP contribution >= 0.6 is 0 Å². The van der Waals surface area contributed by atoms with E-state index >= 15 is 0 Å². The molecule has 110 valence electrons. The number of hydrogen-bond donors (Lipinski definition) is 1. The lowest BCUT2D eigenvalue weighted by atomic mass is 9.94. The van der Waals surface area contributed by atoms with Crippen molar-refractivity contribution in [2.24, 2.45) is 0 Å². The van der Waals surface area contributed by atoms with Gasteiger partial charge in [-0.25, -0.2) is 0 Å². The molecule has 0 radical (unpaired) electrons. The van der Waals surface area contributed by atoms with Crippen LogP contribution in [0.25, 0.3) is 0 Å². The summed E-state index contributed by atoms with van der Waals surface area (Å²) in [6.07, 6.45) is 10.3. The van der Waals surface area contributed by atoms with Crippen LogP contribution in [-0.2, 0) is 4.79 Å². The molecule has 0 spiro atoms. The first-order valence-corrected chi connectivity index (χ1v) is 7.86. The molecule has 0 aliphatic rings. The number of nitrogens with zero attached hydrogens (tertiary/aromatic N) is 1. The second kappa shape index (κ2) is 10.8. The highest BCUT2D eigenvalue weighted by Crippen LogP contribution is 2.14. The molecule has 0 saturated carbocycles. The number of hydrogen-bond acceptors (Lipinski definition) is 2. The third kappa shape index (κ3) is 7.87. The lowest BCUT2D eigenvalue weighted by Gasteiger charge is -2.24. The second-order valence-electron chi connectivity index (χ2n) is 5.32. The highest BCUT2D eigenvalue weighted by molar-refractivity contribution is 5.77. The van der Waals surface area contributed by atoms with Crippen LogP contribution in [0.15, 0.2) is 0 Å². The Balaban J connectivity index is 3.73. The van der Waals surface area contributed by atoms with Gasteiger partial charge in [-0.2, -0.15) is 5.26 Å². The largest absolute Gasteiger partial charge is 0.338 e. The highest BCUT2D eigenvalue weighted by Gasteiger charge is 2.27. The minimum atomic E-state index is -0.655. The Labute approximate surface area is 118 Å². The van der Waals surface area contributed by atoms with Gasteiger partial charge in [-0.05, 0) is 19.3 Å². The number of unbranched alkanes of at least 4 members (excludes halogenated alkanes) is 6. The Morgan fingerprint density at radius 3 is 2.00 bits per heavy atom. The zero-order valence-electron chi connectivity index (χ0n) is 12.9. The molecule has 1 amide bonds. The first-order chi connectivity index (χ1) is 9.14. The van der Waals surface area contributed by atoms with E-state index in [1.54, 1.807) is 0 Å². The fourth-order valence-electron chi connectivity index (χ4n) is 2.18. The smallest absolute Gasteiger partial charge is 0.221 e. The fourth-order valence-corrected chi connectivity index (χ4v) is 2.18. The van der Waals surface area contributed by atoms with Crippen LogP contribution in [0.3, 0.4) is 0 Å². The Bertz CT molecular complexity index is 277. The topological polar surface area (TPSA) is 52.9 Å². The van der Waals surface area contributed by atoms with Crippen molar-refractivity contribution in [1.82, 2.24) is 5.32 Å². The molecule has 3 heteroatoms. The van der Waals surface area contributed by atoms with Crippen LogP contribution in [0.4, 0.5) is 0 Å². The van der Waals surface area contributed by atoms with Gasteiger partial charge in [0.15, 0.2) is 0 Å². The van der Waals surface area contributed by atoms with E-state index in [2.05, 4.69) is 18.3 Å². The number of nitrogens with one attached hydrogen (secondary N) is 1. The van der Waals surface area contributed by atoms with Crippen molar-refractivity contribution in [3.63, 3.8) is 0 Å². The van der Waals surface area contributed by atoms with Crippen LogP contribution in [0.2, 0.25) is 0 Å². The van der Waals surface area contributed by atoms with E-state index < -0.39 is 5.54 Å². The lowest BCUT2D eigenvalue weighted by Crippen LogP contribution is -2.46. The normalized spacial score (nSPS) is 11.1. The maximum atomic E-state index is 11.8. The first kappa shape index (κ1) is 18.0. The van der Waals surface area contributed by atoms with Gasteiger partial charge in [0.05, 0.1) is 6.07 Å². The van der Waals surface area contributed by atoms with E-state index in [-0.39, 0.29) is 5.91 Å². The number of carbonyl (C=O) groups is 1. The Hall–Kier alpha value is -1.04. The van der Waals surface area contributed by atoms with Crippen LogP contribution in [0.5, 0.6) is 0 Å². The predicted molar refractivity (Wildman–Crippen MR) is 79.7 cm³/mol. The molecule has 0 unspecified atom stereocenters. The summed E-state index contributed by atoms with van der Waals surface area (Å²) in [5.41, 5.74) is -0.655. The van der Waals surface area contributed by atoms with Crippen molar-refractivity contribution in [1.29, 1.82) is 5.26 Å². The van der Waals surface area contributed by atoms with Crippen LogP contribution in [0, 0.1) is 11.3 Å². The average Bonchev–Trinajstić information content (AvgIpc) is 2.44. The van der Waals surface area contributed by atoms with Gasteiger partial charge in [0.1, 0.15) is 5.54 Å². The number of nitriles is 1. The standard InChI is InChI=1S/C16H30N2O/c1-4-7-8-9-10-11-12-13-15(19)18-16(5-2,6-3)14-17/h4-13H2,1-3H3,(H,18,19). The summed E-state index contributed by atoms with van der Waals surface area (Å²) >= 11 is 0. The Morgan fingerprint density at radius 2 is 1.53 bits per heavy atom. The first-order valence-electron chi connectivity index (χ1n) is 7.86. The molecule has 1 N–H and O–H groups in total. The van der Waals surface area contributed by atoms with Crippen LogP contribution < -0.4 is 5.32 Å². The molecule has 0 bridgehead atoms. The molecule has 0 atom stereocenters. The molecular formula is C16H30N2O. The van der Waals surface area contributed by atoms with Crippen molar-refractivity contribution >= 4 is 5.91 Å². The van der Waals surface area contributed by atoms with Gasteiger partial charge >= 0.3 is 0 Å². The molecule has 0 aromatic heterocycles. The molecule has 0 saturated heterocycles. The van der Waals surface area contributed by atoms with Gasteiger partial charge < -0.3 is 5.32 Å². The zero-order chi connectivity index (χ0) is 14.6. The summed E-state index contributed by atoms with van der Waals surface area (Å²) < 4.78 is 0. The molecule has 0 aliphatic carbocycles. The van der Waals surface area contributed by atoms with E-state index in [0.717, 1.165) is 12.8 Å². The summed E-state index contributed by atoms with van der Waals surface area (Å²) in [4.78, 5) is 11.8. The highest BCUT2D eigenvalue weighted by atomic mass is 16.1. The van der Waals surface area contributed by atoms with Crippen molar-refractivity contribution in [3.05, 3.63) is 0 Å². The minimum Gasteiger partial charge on any atom is -0.338 e. The summed E-state index contributed by atoms with van der Waals surface area (Å²) in [6.45, 7) is 6.11. The number of carbonyl (C=O) groups excluding carboxylic acids is 1. The molecule has 19 heavy (non-hydrogen) atoms. The quantitative estimate of drug-likeness (QED) is 0.566. The SMILES string of the molecule is CCCCCCCCCC(=O)NC(C#N)(CC)CC. The predicted octanol–water partition coefficient (Wildman–Crippen LogP) is 4.33. The molecule has 0 aliphatic heterocycles. The monoisotopic (exact) mass is 266 g/mol. The molecule has 0 fully saturated rings. The summed E-state index contributed by atoms with van der Waals surface area (Å²) in [5, 5.41) is 12.0. The van der Waals surface area contributed by atoms with Gasteiger partial charge in [0.2, 0.25) is 5.91 Å². The van der Waals surface area contributed by atoms with Crippen LogP contribution in [-0.4, -0.2) is 11.4 Å². The van der Waals surface area contributed by atoms with Gasteiger partial charge in [-0.15, -0.1) is 0 Å². The lowest BCUT2D eigenvalue weighted by molar-refractivity contribution is -0.122. The van der Waals surface area contributed by atoms with Crippen molar-refractivity contribution in [2.45, 2.75) is 90.5 Å². The summed E-state index contributed by atoms with van der Waals surface area (Å²) in [6, 6.07) is 2.24. The number of amides is 1. The van der Waals surface area contributed by atoms with E-state index in [0.29, 0.717) is 19.3 Å². The van der Waals surface area contributed by atoms with Gasteiger partial charge in [-0.1, -0.05) is 59.3 Å². The molecular weight excluding hydrogens is 236 g/mol. The van der Waals surface area contributed by atoms with E-state index in [4.69, 9.17) is 5.26 Å². The second-order valence-corrected chi connectivity index (χ2v) is 5.32. The zero-order valence-corrected chi connectivity index (χ0v) is 12.9. The third-order valence-corrected chi connectivity index (χ3v) is 3.81. The van der Waals surface area contributed by atoms with Crippen LogP contribution in [0.1, 0.15) is 85.0 Å². The maximum Gasteiger partial charge on any atom is 0.221 e. The van der Waals surface area contributed by atoms with Gasteiger partial charge in [0, 0.05) is 6.42 Å². The minimum absolute atomic E-state index is 0.0267. The van der Waals surface area contributed by atoms with E-state index in [1.807, 2.05) is 13.8 Å². The number of rotatable bonds is 11. The molecule has 0 aromatic carbocycles. The third-order valence-electron chi connectivity index (χ3n) is 3.81. The summed E-state index contributed by atoms with van der Waals surface area (Å²) in [5.74, 6) is 0.0267. The molecule has 3 nitrogen and oxygen atoms in total. The van der Waals surface area contributed by atoms with Crippen molar-refractivity contribution < 1.29 is 4.79 Å². The maximum absolute atomic E-state index is 11.8. The summed E-state index contributed by atoms with van der Waals surface area (Å²) in [7, 11) is 0. The fraction of sp³-hybridized carbons (Fsp3) is 0.875. The molecule has 0 heterocycles.